The minimum Gasteiger partial charge on any atom is -0.481 e. The van der Waals surface area contributed by atoms with Crippen molar-refractivity contribution in [2.75, 3.05) is 14.2 Å². The highest BCUT2D eigenvalue weighted by Crippen LogP contribution is 2.26. The third-order valence-electron chi connectivity index (χ3n) is 3.41. The topological polar surface area (TPSA) is 81.0 Å². The first-order chi connectivity index (χ1) is 9.12. The van der Waals surface area contributed by atoms with E-state index in [9.17, 15) is 10.1 Å². The zero-order valence-corrected chi connectivity index (χ0v) is 12.8. The average molecular weight is 283 g/mol. The first kappa shape index (κ1) is 16.7. The Balaban J connectivity index is 3.01. The van der Waals surface area contributed by atoms with Crippen LogP contribution in [0.5, 0.6) is 11.8 Å². The molecular formula is C13H22BNO5. The van der Waals surface area contributed by atoms with E-state index in [1.54, 1.807) is 39.8 Å². The molecule has 0 aromatic carbocycles. The quantitative estimate of drug-likeness (QED) is 0.733. The van der Waals surface area contributed by atoms with E-state index in [-0.39, 0.29) is 5.88 Å². The molecule has 0 saturated heterocycles. The Hall–Kier alpha value is -1.31. The molecule has 0 bridgehead atoms. The summed E-state index contributed by atoms with van der Waals surface area (Å²) in [4.78, 5) is 4.08. The molecule has 1 aromatic heterocycles. The Labute approximate surface area is 119 Å². The van der Waals surface area contributed by atoms with Gasteiger partial charge in [-0.2, -0.15) is 4.98 Å². The van der Waals surface area contributed by atoms with Gasteiger partial charge in [0.25, 0.3) is 0 Å². The van der Waals surface area contributed by atoms with Crippen molar-refractivity contribution in [3.8, 4) is 11.8 Å². The molecule has 0 aliphatic rings. The lowest BCUT2D eigenvalue weighted by atomic mass is 9.77. The lowest BCUT2D eigenvalue weighted by Gasteiger charge is -2.38. The van der Waals surface area contributed by atoms with Gasteiger partial charge in [0, 0.05) is 11.5 Å². The Morgan fingerprint density at radius 1 is 1.10 bits per heavy atom. The van der Waals surface area contributed by atoms with Crippen LogP contribution in [0.1, 0.15) is 27.7 Å². The second-order valence-corrected chi connectivity index (χ2v) is 5.49. The van der Waals surface area contributed by atoms with E-state index in [0.717, 1.165) is 0 Å². The number of methoxy groups -OCH3 is 2. The van der Waals surface area contributed by atoms with E-state index in [0.29, 0.717) is 11.3 Å². The Bertz CT molecular complexity index is 459. The summed E-state index contributed by atoms with van der Waals surface area (Å²) in [5.41, 5.74) is -1.72. The molecule has 0 atom stereocenters. The maximum Gasteiger partial charge on any atom is 0.497 e. The van der Waals surface area contributed by atoms with Gasteiger partial charge in [0.2, 0.25) is 11.8 Å². The monoisotopic (exact) mass is 283 g/mol. The molecule has 7 heteroatoms. The fraction of sp³-hybridized carbons (Fsp3) is 0.615. The van der Waals surface area contributed by atoms with Gasteiger partial charge in [0.1, 0.15) is 0 Å². The van der Waals surface area contributed by atoms with Crippen molar-refractivity contribution in [1.29, 1.82) is 0 Å². The van der Waals surface area contributed by atoms with Crippen LogP contribution < -0.4 is 14.9 Å². The average Bonchev–Trinajstić information content (AvgIpc) is 2.35. The molecule has 20 heavy (non-hydrogen) atoms. The van der Waals surface area contributed by atoms with E-state index in [2.05, 4.69) is 4.98 Å². The van der Waals surface area contributed by atoms with Gasteiger partial charge in [0.05, 0.1) is 25.4 Å². The molecule has 0 spiro atoms. The maximum atomic E-state index is 10.2. The highest BCUT2D eigenvalue weighted by Gasteiger charge is 2.40. The molecule has 0 aliphatic heterocycles. The van der Waals surface area contributed by atoms with Crippen LogP contribution in [0.3, 0.4) is 0 Å². The molecule has 0 amide bonds. The van der Waals surface area contributed by atoms with Gasteiger partial charge >= 0.3 is 7.12 Å². The van der Waals surface area contributed by atoms with Crippen molar-refractivity contribution in [2.45, 2.75) is 38.9 Å². The molecule has 6 nitrogen and oxygen atoms in total. The van der Waals surface area contributed by atoms with Crippen LogP contribution >= 0.6 is 0 Å². The van der Waals surface area contributed by atoms with E-state index in [4.69, 9.17) is 14.1 Å². The zero-order valence-electron chi connectivity index (χ0n) is 12.8. The SMILES string of the molecule is COc1ccc(B(O)OC(C)(C)C(C)(C)O)c(OC)n1. The van der Waals surface area contributed by atoms with Crippen molar-refractivity contribution in [3.05, 3.63) is 12.1 Å². The van der Waals surface area contributed by atoms with Gasteiger partial charge in [0.15, 0.2) is 0 Å². The lowest BCUT2D eigenvalue weighted by Crippen LogP contribution is -2.53. The molecule has 112 valence electrons. The summed E-state index contributed by atoms with van der Waals surface area (Å²) in [5, 5.41) is 20.2. The van der Waals surface area contributed by atoms with Crippen molar-refractivity contribution in [3.63, 3.8) is 0 Å². The Kier molecular flexibility index (Phi) is 5.02. The number of hydrogen-bond donors (Lipinski definition) is 2. The predicted octanol–water partition coefficient (Wildman–Crippen LogP) is 0.352. The number of aliphatic hydroxyl groups is 1. The number of aromatic nitrogens is 1. The lowest BCUT2D eigenvalue weighted by molar-refractivity contribution is -0.0983. The summed E-state index contributed by atoms with van der Waals surface area (Å²) in [5.74, 6) is 0.586. The number of pyridine rings is 1. The van der Waals surface area contributed by atoms with Gasteiger partial charge in [-0.25, -0.2) is 0 Å². The van der Waals surface area contributed by atoms with Crippen molar-refractivity contribution in [2.24, 2.45) is 0 Å². The maximum absolute atomic E-state index is 10.2. The van der Waals surface area contributed by atoms with Crippen molar-refractivity contribution < 1.29 is 24.3 Å². The van der Waals surface area contributed by atoms with Gasteiger partial charge in [-0.05, 0) is 27.7 Å². The van der Waals surface area contributed by atoms with Crippen LogP contribution in [-0.2, 0) is 4.65 Å². The number of hydrogen-bond acceptors (Lipinski definition) is 6. The zero-order chi connectivity index (χ0) is 15.6. The van der Waals surface area contributed by atoms with E-state index in [1.807, 2.05) is 0 Å². The summed E-state index contributed by atoms with van der Waals surface area (Å²) in [6.45, 7) is 6.62. The number of nitrogens with zero attached hydrogens (tertiary/aromatic N) is 1. The first-order valence-corrected chi connectivity index (χ1v) is 6.29. The van der Waals surface area contributed by atoms with Crippen molar-refractivity contribution >= 4 is 12.6 Å². The first-order valence-electron chi connectivity index (χ1n) is 6.29. The highest BCUT2D eigenvalue weighted by molar-refractivity contribution is 6.61. The molecule has 0 radical (unpaired) electrons. The standard InChI is InChI=1S/C13H22BNO5/c1-12(2,16)13(3,4)20-14(17)9-7-8-10(18-5)15-11(9)19-6/h7-8,16-17H,1-6H3. The second kappa shape index (κ2) is 5.99. The van der Waals surface area contributed by atoms with E-state index < -0.39 is 18.3 Å². The fourth-order valence-electron chi connectivity index (χ4n) is 1.39. The van der Waals surface area contributed by atoms with Crippen LogP contribution in [0.2, 0.25) is 0 Å². The van der Waals surface area contributed by atoms with E-state index in [1.165, 1.54) is 14.2 Å². The minimum absolute atomic E-state index is 0.211. The summed E-state index contributed by atoms with van der Waals surface area (Å²) in [6.07, 6.45) is 0. The largest absolute Gasteiger partial charge is 0.497 e. The molecule has 1 rings (SSSR count). The molecular weight excluding hydrogens is 261 g/mol. The molecule has 0 saturated carbocycles. The van der Waals surface area contributed by atoms with Gasteiger partial charge in [-0.1, -0.05) is 6.07 Å². The summed E-state index contributed by atoms with van der Waals surface area (Å²) in [6, 6.07) is 3.21. The molecule has 0 aliphatic carbocycles. The molecule has 2 N–H and O–H groups in total. The van der Waals surface area contributed by atoms with E-state index >= 15 is 0 Å². The van der Waals surface area contributed by atoms with Gasteiger partial charge < -0.3 is 24.3 Å². The van der Waals surface area contributed by atoms with Crippen LogP contribution in [0, 0.1) is 0 Å². The summed E-state index contributed by atoms with van der Waals surface area (Å²) < 4.78 is 15.7. The summed E-state index contributed by atoms with van der Waals surface area (Å²) in [7, 11) is 1.66. The normalized spacial score (nSPS) is 12.2. The smallest absolute Gasteiger partial charge is 0.481 e. The van der Waals surface area contributed by atoms with Crippen LogP contribution in [0.25, 0.3) is 0 Å². The molecule has 0 fully saturated rings. The van der Waals surface area contributed by atoms with Crippen LogP contribution in [0.15, 0.2) is 12.1 Å². The molecule has 0 unspecified atom stereocenters. The van der Waals surface area contributed by atoms with Crippen LogP contribution in [0.4, 0.5) is 0 Å². The third kappa shape index (κ3) is 3.62. The predicted molar refractivity (Wildman–Crippen MR) is 76.4 cm³/mol. The van der Waals surface area contributed by atoms with Gasteiger partial charge in [-0.15, -0.1) is 0 Å². The second-order valence-electron chi connectivity index (χ2n) is 5.49. The third-order valence-corrected chi connectivity index (χ3v) is 3.41. The summed E-state index contributed by atoms with van der Waals surface area (Å²) >= 11 is 0. The van der Waals surface area contributed by atoms with Crippen molar-refractivity contribution in [1.82, 2.24) is 4.98 Å². The molecule has 1 aromatic rings. The Morgan fingerprint density at radius 3 is 2.15 bits per heavy atom. The number of ether oxygens (including phenoxy) is 2. The van der Waals surface area contributed by atoms with Crippen LogP contribution in [-0.4, -0.2) is 47.7 Å². The number of rotatable bonds is 6. The van der Waals surface area contributed by atoms with Gasteiger partial charge in [-0.3, -0.25) is 0 Å². The molecule has 1 heterocycles. The highest BCUT2D eigenvalue weighted by atomic mass is 16.6. The Morgan fingerprint density at radius 2 is 1.70 bits per heavy atom. The minimum atomic E-state index is -1.27. The fourth-order valence-corrected chi connectivity index (χ4v) is 1.39.